The molecule has 27 heavy (non-hydrogen) atoms. The molecule has 0 spiro atoms. The summed E-state index contributed by atoms with van der Waals surface area (Å²) in [6.07, 6.45) is 1.92. The smallest absolute Gasteiger partial charge is 0.197 e. The molecule has 1 heterocycles. The fraction of sp³-hybridized carbons (Fsp3) is 0.400. The van der Waals surface area contributed by atoms with Crippen LogP contribution in [0, 0.1) is 13.8 Å². The molecule has 0 aromatic heterocycles. The fourth-order valence-electron chi connectivity index (χ4n) is 3.30. The first-order valence-electron chi connectivity index (χ1n) is 9.05. The highest BCUT2D eigenvalue weighted by Gasteiger charge is 2.41. The molecule has 0 bridgehead atoms. The molecule has 0 unspecified atom stereocenters. The Labute approximate surface area is 161 Å². The number of hydrogen-bond acceptors (Lipinski definition) is 5. The summed E-state index contributed by atoms with van der Waals surface area (Å²) >= 11 is 0. The number of rotatable bonds is 6. The third kappa shape index (κ3) is 4.25. The van der Waals surface area contributed by atoms with E-state index in [1.165, 1.54) is 24.3 Å². The Morgan fingerprint density at radius 3 is 1.48 bits per heavy atom. The molecule has 1 saturated heterocycles. The molecule has 0 aliphatic carbocycles. The highest BCUT2D eigenvalue weighted by molar-refractivity contribution is 8.09. The van der Waals surface area contributed by atoms with Crippen molar-refractivity contribution < 1.29 is 16.8 Å². The second-order valence-electron chi connectivity index (χ2n) is 7.15. The van der Waals surface area contributed by atoms with Crippen LogP contribution in [0.1, 0.15) is 24.0 Å². The topological polar surface area (TPSA) is 71.5 Å². The van der Waals surface area contributed by atoms with E-state index >= 15 is 0 Å². The first kappa shape index (κ1) is 20.0. The third-order valence-electron chi connectivity index (χ3n) is 5.00. The molecule has 0 saturated carbocycles. The maximum Gasteiger partial charge on any atom is 0.197 e. The lowest BCUT2D eigenvalue weighted by molar-refractivity contribution is 0.349. The van der Waals surface area contributed by atoms with Crippen LogP contribution in [0.3, 0.4) is 0 Å². The molecule has 5 nitrogen and oxygen atoms in total. The van der Waals surface area contributed by atoms with Gasteiger partial charge in [-0.1, -0.05) is 35.4 Å². The Hall–Kier alpha value is -1.70. The number of benzene rings is 2. The van der Waals surface area contributed by atoms with Gasteiger partial charge in [0.2, 0.25) is 0 Å². The molecule has 146 valence electrons. The fourth-order valence-corrected chi connectivity index (χ4v) is 7.75. The van der Waals surface area contributed by atoms with Crippen molar-refractivity contribution >= 4 is 19.7 Å². The Bertz CT molecular complexity index is 913. The van der Waals surface area contributed by atoms with Crippen LogP contribution in [0.2, 0.25) is 0 Å². The predicted octanol–water partition coefficient (Wildman–Crippen LogP) is 2.97. The van der Waals surface area contributed by atoms with Gasteiger partial charge in [-0.2, -0.15) is 0 Å². The van der Waals surface area contributed by atoms with Crippen LogP contribution in [0.15, 0.2) is 58.3 Å². The summed E-state index contributed by atoms with van der Waals surface area (Å²) in [6.45, 7) is 5.17. The van der Waals surface area contributed by atoms with E-state index in [0.717, 1.165) is 37.1 Å². The molecule has 0 atom stereocenters. The molecule has 7 heteroatoms. The normalized spacial score (nSPS) is 16.1. The number of nitrogens with zero attached hydrogens (tertiary/aromatic N) is 1. The Balaban J connectivity index is 2.07. The lowest BCUT2D eigenvalue weighted by Crippen LogP contribution is -2.41. The highest BCUT2D eigenvalue weighted by Crippen LogP contribution is 2.28. The first-order chi connectivity index (χ1) is 12.7. The van der Waals surface area contributed by atoms with E-state index in [1.54, 1.807) is 24.3 Å². The lowest BCUT2D eigenvalue weighted by Gasteiger charge is -2.24. The van der Waals surface area contributed by atoms with Crippen LogP contribution in [0.5, 0.6) is 0 Å². The predicted molar refractivity (Wildman–Crippen MR) is 106 cm³/mol. The molecule has 1 aliphatic rings. The quantitative estimate of drug-likeness (QED) is 0.736. The molecular weight excluding hydrogens is 382 g/mol. The van der Waals surface area contributed by atoms with Gasteiger partial charge in [0, 0.05) is 6.54 Å². The van der Waals surface area contributed by atoms with E-state index < -0.39 is 24.3 Å². The van der Waals surface area contributed by atoms with E-state index in [9.17, 15) is 16.8 Å². The van der Waals surface area contributed by atoms with Gasteiger partial charge in [0.25, 0.3) is 0 Å². The number of aryl methyl sites for hydroxylation is 2. The first-order valence-corrected chi connectivity index (χ1v) is 12.1. The van der Waals surface area contributed by atoms with E-state index in [0.29, 0.717) is 0 Å². The maximum absolute atomic E-state index is 13.3. The van der Waals surface area contributed by atoms with Gasteiger partial charge in [-0.05, 0) is 64.0 Å². The van der Waals surface area contributed by atoms with Crippen molar-refractivity contribution in [1.82, 2.24) is 4.90 Å². The summed E-state index contributed by atoms with van der Waals surface area (Å²) in [6, 6.07) is 12.7. The molecule has 2 aromatic carbocycles. The number of sulfone groups is 2. The largest absolute Gasteiger partial charge is 0.301 e. The minimum Gasteiger partial charge on any atom is -0.301 e. The van der Waals surface area contributed by atoms with Crippen LogP contribution in [-0.4, -0.2) is 46.0 Å². The van der Waals surface area contributed by atoms with Gasteiger partial charge in [-0.25, -0.2) is 16.8 Å². The van der Waals surface area contributed by atoms with E-state index in [-0.39, 0.29) is 16.3 Å². The summed E-state index contributed by atoms with van der Waals surface area (Å²) in [4.78, 5) is 2.03. The summed E-state index contributed by atoms with van der Waals surface area (Å²) in [5.74, 6) is 0. The van der Waals surface area contributed by atoms with Crippen LogP contribution >= 0.6 is 0 Å². The molecule has 1 fully saturated rings. The minimum atomic E-state index is -4.05. The standard InChI is InChI=1S/C20H25NO4S2/c1-16-5-9-18(10-6-16)26(22,23)20(15-21-13-3-4-14-21)27(24,25)19-11-7-17(2)8-12-19/h5-12,20H,3-4,13-15H2,1-2H3. The molecule has 0 amide bonds. The zero-order chi connectivity index (χ0) is 19.7. The van der Waals surface area contributed by atoms with Crippen LogP contribution in [-0.2, 0) is 19.7 Å². The number of hydrogen-bond donors (Lipinski definition) is 0. The average molecular weight is 408 g/mol. The van der Waals surface area contributed by atoms with Crippen molar-refractivity contribution in [1.29, 1.82) is 0 Å². The van der Waals surface area contributed by atoms with Crippen LogP contribution < -0.4 is 0 Å². The molecule has 3 rings (SSSR count). The SMILES string of the molecule is Cc1ccc(S(=O)(=O)C(CN2CCCC2)S(=O)(=O)c2ccc(C)cc2)cc1. The summed E-state index contributed by atoms with van der Waals surface area (Å²) in [5.41, 5.74) is 1.85. The van der Waals surface area contributed by atoms with E-state index in [1.807, 2.05) is 18.7 Å². The maximum atomic E-state index is 13.3. The lowest BCUT2D eigenvalue weighted by atomic mass is 10.2. The van der Waals surface area contributed by atoms with Crippen molar-refractivity contribution in [2.45, 2.75) is 41.1 Å². The summed E-state index contributed by atoms with van der Waals surface area (Å²) in [7, 11) is -8.10. The minimum absolute atomic E-state index is 0.00752. The average Bonchev–Trinajstić information content (AvgIpc) is 3.13. The van der Waals surface area contributed by atoms with Crippen molar-refractivity contribution in [3.05, 3.63) is 59.7 Å². The molecular formula is C20H25NO4S2. The molecule has 0 N–H and O–H groups in total. The summed E-state index contributed by atoms with van der Waals surface area (Å²) in [5, 5.41) is 0. The Morgan fingerprint density at radius 1 is 0.741 bits per heavy atom. The van der Waals surface area contributed by atoms with Gasteiger partial charge >= 0.3 is 0 Å². The van der Waals surface area contributed by atoms with Crippen molar-refractivity contribution in [2.24, 2.45) is 0 Å². The number of likely N-dealkylation sites (tertiary alicyclic amines) is 1. The Kier molecular flexibility index (Phi) is 5.74. The molecule has 2 aromatic rings. The van der Waals surface area contributed by atoms with Crippen molar-refractivity contribution in [2.75, 3.05) is 19.6 Å². The zero-order valence-electron chi connectivity index (χ0n) is 15.6. The van der Waals surface area contributed by atoms with E-state index in [2.05, 4.69) is 0 Å². The van der Waals surface area contributed by atoms with Gasteiger partial charge < -0.3 is 4.90 Å². The van der Waals surface area contributed by atoms with Gasteiger partial charge in [0.15, 0.2) is 24.3 Å². The van der Waals surface area contributed by atoms with Crippen molar-refractivity contribution in [3.8, 4) is 0 Å². The Morgan fingerprint density at radius 2 is 1.11 bits per heavy atom. The van der Waals surface area contributed by atoms with Gasteiger partial charge in [0.05, 0.1) is 9.79 Å². The van der Waals surface area contributed by atoms with Crippen LogP contribution in [0.25, 0.3) is 0 Å². The molecule has 1 aliphatic heterocycles. The van der Waals surface area contributed by atoms with Gasteiger partial charge in [-0.15, -0.1) is 0 Å². The molecule has 0 radical (unpaired) electrons. The van der Waals surface area contributed by atoms with Gasteiger partial charge in [-0.3, -0.25) is 0 Å². The highest BCUT2D eigenvalue weighted by atomic mass is 32.3. The third-order valence-corrected chi connectivity index (χ3v) is 10.1. The van der Waals surface area contributed by atoms with Gasteiger partial charge in [0.1, 0.15) is 0 Å². The monoisotopic (exact) mass is 407 g/mol. The second-order valence-corrected chi connectivity index (χ2v) is 11.7. The van der Waals surface area contributed by atoms with Crippen LogP contribution in [0.4, 0.5) is 0 Å². The second kappa shape index (κ2) is 7.73. The van der Waals surface area contributed by atoms with Crippen molar-refractivity contribution in [3.63, 3.8) is 0 Å². The summed E-state index contributed by atoms with van der Waals surface area (Å²) < 4.78 is 51.7. The zero-order valence-corrected chi connectivity index (χ0v) is 17.3. The van der Waals surface area contributed by atoms with E-state index in [4.69, 9.17) is 0 Å².